The first-order chi connectivity index (χ1) is 14.7. The van der Waals surface area contributed by atoms with Crippen LogP contribution in [-0.4, -0.2) is 43.5 Å². The van der Waals surface area contributed by atoms with Gasteiger partial charge in [-0.2, -0.15) is 5.10 Å². The minimum absolute atomic E-state index is 0.332. The number of anilines is 3. The van der Waals surface area contributed by atoms with Crippen LogP contribution in [0.2, 0.25) is 0 Å². The molecule has 1 aromatic carbocycles. The van der Waals surface area contributed by atoms with Crippen molar-refractivity contribution < 1.29 is 4.79 Å². The second-order valence-corrected chi connectivity index (χ2v) is 8.88. The summed E-state index contributed by atoms with van der Waals surface area (Å²) in [5, 5.41) is 17.4. The number of aryl methyl sites for hydroxylation is 1. The third-order valence-corrected chi connectivity index (χ3v) is 6.70. The molecule has 30 heavy (non-hydrogen) atoms. The predicted octanol–water partition coefficient (Wildman–Crippen LogP) is 3.76. The van der Waals surface area contributed by atoms with Gasteiger partial charge < -0.3 is 10.6 Å². The van der Waals surface area contributed by atoms with Crippen LogP contribution in [0.5, 0.6) is 0 Å². The average Bonchev–Trinajstić information content (AvgIpc) is 3.48. The summed E-state index contributed by atoms with van der Waals surface area (Å²) in [7, 11) is 0. The number of hydrogen-bond donors (Lipinski definition) is 4. The number of rotatable bonds is 6. The molecular formula is C19H18N8OS2. The number of benzene rings is 1. The number of nitrogens with one attached hydrogen (secondary N) is 4. The Kier molecular flexibility index (Phi) is 5.20. The molecule has 4 aromatic rings. The van der Waals surface area contributed by atoms with Gasteiger partial charge in [-0.3, -0.25) is 10.4 Å². The van der Waals surface area contributed by atoms with Gasteiger partial charge in [-0.05, 0) is 18.2 Å². The van der Waals surface area contributed by atoms with E-state index in [2.05, 4.69) is 41.1 Å². The van der Waals surface area contributed by atoms with Gasteiger partial charge in [0, 0.05) is 47.3 Å². The molecule has 0 fully saturated rings. The van der Waals surface area contributed by atoms with Gasteiger partial charge >= 0.3 is 6.03 Å². The van der Waals surface area contributed by atoms with Crippen LogP contribution in [0.25, 0.3) is 10.9 Å². The van der Waals surface area contributed by atoms with Gasteiger partial charge in [0.2, 0.25) is 0 Å². The van der Waals surface area contributed by atoms with E-state index in [1.807, 2.05) is 18.2 Å². The lowest BCUT2D eigenvalue weighted by molar-refractivity contribution is 0.262. The lowest BCUT2D eigenvalue weighted by atomic mass is 10.2. The normalized spacial score (nSPS) is 12.7. The quantitative estimate of drug-likeness (QED) is 0.362. The maximum atomic E-state index is 12.3. The molecule has 0 spiro atoms. The Balaban J connectivity index is 1.14. The topological polar surface area (TPSA) is 121 Å². The fourth-order valence-electron chi connectivity index (χ4n) is 3.17. The minimum atomic E-state index is -0.332. The summed E-state index contributed by atoms with van der Waals surface area (Å²) in [5.74, 6) is 1.96. The van der Waals surface area contributed by atoms with Crippen LogP contribution < -0.4 is 16.0 Å². The first kappa shape index (κ1) is 18.8. The zero-order chi connectivity index (χ0) is 20.3. The van der Waals surface area contributed by atoms with Gasteiger partial charge in [-0.15, -0.1) is 23.1 Å². The van der Waals surface area contributed by atoms with E-state index >= 15 is 0 Å². The number of carbonyl (C=O) groups excluding carboxylic acids is 1. The molecule has 1 aliphatic rings. The van der Waals surface area contributed by atoms with Gasteiger partial charge in [0.1, 0.15) is 12.1 Å². The van der Waals surface area contributed by atoms with Crippen molar-refractivity contribution in [1.82, 2.24) is 25.1 Å². The highest BCUT2D eigenvalue weighted by Crippen LogP contribution is 2.34. The van der Waals surface area contributed by atoms with Crippen molar-refractivity contribution in [3.63, 3.8) is 0 Å². The third-order valence-electron chi connectivity index (χ3n) is 4.60. The summed E-state index contributed by atoms with van der Waals surface area (Å²) < 4.78 is 0. The molecule has 11 heteroatoms. The summed E-state index contributed by atoms with van der Waals surface area (Å²) >= 11 is 3.26. The van der Waals surface area contributed by atoms with E-state index in [0.29, 0.717) is 10.8 Å². The lowest BCUT2D eigenvalue weighted by Gasteiger charge is -2.08. The number of aromatic amines is 1. The molecule has 0 saturated carbocycles. The summed E-state index contributed by atoms with van der Waals surface area (Å²) in [6, 6.07) is 5.23. The van der Waals surface area contributed by atoms with E-state index in [4.69, 9.17) is 0 Å². The number of thioether (sulfide) groups is 1. The largest absolute Gasteiger partial charge is 0.369 e. The van der Waals surface area contributed by atoms with Crippen LogP contribution in [0.3, 0.4) is 0 Å². The van der Waals surface area contributed by atoms with E-state index in [9.17, 15) is 4.79 Å². The Bertz CT molecular complexity index is 1200. The number of carbonyl (C=O) groups is 1. The summed E-state index contributed by atoms with van der Waals surface area (Å²) in [6.07, 6.45) is 6.93. The zero-order valence-corrected chi connectivity index (χ0v) is 17.4. The molecule has 0 unspecified atom stereocenters. The molecule has 0 radical (unpaired) electrons. The zero-order valence-electron chi connectivity index (χ0n) is 15.8. The summed E-state index contributed by atoms with van der Waals surface area (Å²) in [4.78, 5) is 27.5. The predicted molar refractivity (Wildman–Crippen MR) is 120 cm³/mol. The van der Waals surface area contributed by atoms with Crippen LogP contribution in [0.1, 0.15) is 10.6 Å². The number of hydrogen-bond acceptors (Lipinski definition) is 8. The van der Waals surface area contributed by atoms with E-state index in [-0.39, 0.29) is 6.03 Å². The number of urea groups is 1. The number of amides is 2. The Morgan fingerprint density at radius 2 is 2.13 bits per heavy atom. The van der Waals surface area contributed by atoms with Gasteiger partial charge in [0.05, 0.1) is 22.3 Å². The molecular weight excluding hydrogens is 420 g/mol. The van der Waals surface area contributed by atoms with Crippen molar-refractivity contribution in [1.29, 1.82) is 0 Å². The molecule has 4 heterocycles. The summed E-state index contributed by atoms with van der Waals surface area (Å²) in [5.41, 5.74) is 2.67. The molecule has 9 nitrogen and oxygen atoms in total. The number of aromatic nitrogens is 5. The highest BCUT2D eigenvalue weighted by molar-refractivity contribution is 7.99. The third kappa shape index (κ3) is 4.07. The highest BCUT2D eigenvalue weighted by atomic mass is 32.2. The second-order valence-electron chi connectivity index (χ2n) is 6.66. The highest BCUT2D eigenvalue weighted by Gasteiger charge is 2.17. The van der Waals surface area contributed by atoms with E-state index < -0.39 is 0 Å². The van der Waals surface area contributed by atoms with Crippen LogP contribution >= 0.6 is 23.1 Å². The molecule has 1 aliphatic heterocycles. The Hall–Kier alpha value is -3.18. The fraction of sp³-hybridized carbons (Fsp3) is 0.211. The van der Waals surface area contributed by atoms with Crippen LogP contribution in [0.4, 0.5) is 21.4 Å². The smallest absolute Gasteiger partial charge is 0.325 e. The van der Waals surface area contributed by atoms with Gasteiger partial charge in [-0.1, -0.05) is 0 Å². The minimum Gasteiger partial charge on any atom is -0.369 e. The summed E-state index contributed by atoms with van der Waals surface area (Å²) in [6.45, 7) is 0.738. The Morgan fingerprint density at radius 1 is 1.17 bits per heavy atom. The molecule has 0 atom stereocenters. The van der Waals surface area contributed by atoms with E-state index in [1.54, 1.807) is 30.5 Å². The van der Waals surface area contributed by atoms with Crippen molar-refractivity contribution in [3.05, 3.63) is 47.5 Å². The van der Waals surface area contributed by atoms with Crippen molar-refractivity contribution in [2.75, 3.05) is 28.2 Å². The SMILES string of the molecule is O=C(Nc1ccc2cn[nH]c2c1)Nc1ncc(CCNc2ncnc3c2SCC3)s1. The van der Waals surface area contributed by atoms with Gasteiger partial charge in [0.15, 0.2) is 5.13 Å². The number of nitrogens with zero attached hydrogens (tertiary/aromatic N) is 4. The Labute approximate surface area is 180 Å². The second kappa shape index (κ2) is 8.28. The van der Waals surface area contributed by atoms with Gasteiger partial charge in [-0.25, -0.2) is 19.7 Å². The molecule has 152 valence electrons. The standard InChI is InChI=1S/C19H18N8OS2/c28-18(25-12-2-1-11-8-24-27-15(11)7-12)26-19-21-9-13(30-19)3-5-20-17-16-14(4-6-29-16)22-10-23-17/h1-2,7-10H,3-6H2,(H,24,27)(H,20,22,23)(H2,21,25,26,28). The maximum absolute atomic E-state index is 12.3. The van der Waals surface area contributed by atoms with Crippen LogP contribution in [0, 0.1) is 0 Å². The van der Waals surface area contributed by atoms with E-state index in [1.165, 1.54) is 11.3 Å². The molecule has 0 bridgehead atoms. The molecule has 0 aliphatic carbocycles. The van der Waals surface area contributed by atoms with Crippen molar-refractivity contribution in [2.24, 2.45) is 0 Å². The van der Waals surface area contributed by atoms with Crippen LogP contribution in [-0.2, 0) is 12.8 Å². The number of thiazole rings is 1. The van der Waals surface area contributed by atoms with E-state index in [0.717, 1.165) is 57.3 Å². The van der Waals surface area contributed by atoms with Crippen molar-refractivity contribution in [2.45, 2.75) is 17.7 Å². The first-order valence-corrected chi connectivity index (χ1v) is 11.2. The molecule has 3 aromatic heterocycles. The average molecular weight is 439 g/mol. The molecule has 4 N–H and O–H groups in total. The van der Waals surface area contributed by atoms with Crippen molar-refractivity contribution >= 4 is 56.7 Å². The van der Waals surface area contributed by atoms with Crippen LogP contribution in [0.15, 0.2) is 41.8 Å². The molecule has 5 rings (SSSR count). The Morgan fingerprint density at radius 3 is 3.10 bits per heavy atom. The fourth-order valence-corrected chi connectivity index (χ4v) is 5.06. The lowest BCUT2D eigenvalue weighted by Crippen LogP contribution is -2.19. The monoisotopic (exact) mass is 438 g/mol. The molecule has 0 saturated heterocycles. The molecule has 2 amide bonds. The first-order valence-electron chi connectivity index (χ1n) is 9.41. The number of fused-ring (bicyclic) bond motifs is 2. The maximum Gasteiger partial charge on any atom is 0.325 e. The van der Waals surface area contributed by atoms with Crippen molar-refractivity contribution in [3.8, 4) is 0 Å². The van der Waals surface area contributed by atoms with Gasteiger partial charge in [0.25, 0.3) is 0 Å². The number of H-pyrrole nitrogens is 1.